The molecular formula is C13H17BrN2O. The number of nitriles is 1. The van der Waals surface area contributed by atoms with Gasteiger partial charge in [0.1, 0.15) is 0 Å². The van der Waals surface area contributed by atoms with Crippen LogP contribution in [0.1, 0.15) is 25.8 Å². The van der Waals surface area contributed by atoms with Crippen molar-refractivity contribution in [1.82, 2.24) is 0 Å². The molecule has 1 N–H and O–H groups in total. The second-order valence-corrected chi connectivity index (χ2v) is 5.09. The van der Waals surface area contributed by atoms with E-state index in [9.17, 15) is 0 Å². The molecule has 0 aromatic heterocycles. The van der Waals surface area contributed by atoms with Gasteiger partial charge < -0.3 is 10.0 Å². The lowest BCUT2D eigenvalue weighted by atomic mass is 10.1. The SMILES string of the molecule is CC(C)N(CCCO)c1cc(Br)cc(C#N)c1. The maximum atomic E-state index is 8.95. The van der Waals surface area contributed by atoms with Crippen molar-refractivity contribution in [3.05, 3.63) is 28.2 Å². The summed E-state index contributed by atoms with van der Waals surface area (Å²) in [5.41, 5.74) is 1.66. The van der Waals surface area contributed by atoms with E-state index in [4.69, 9.17) is 10.4 Å². The van der Waals surface area contributed by atoms with Crippen LogP contribution in [0.5, 0.6) is 0 Å². The Morgan fingerprint density at radius 3 is 2.65 bits per heavy atom. The number of halogens is 1. The lowest BCUT2D eigenvalue weighted by molar-refractivity contribution is 0.288. The van der Waals surface area contributed by atoms with Crippen molar-refractivity contribution in [3.63, 3.8) is 0 Å². The van der Waals surface area contributed by atoms with Crippen molar-refractivity contribution in [2.75, 3.05) is 18.1 Å². The highest BCUT2D eigenvalue weighted by atomic mass is 79.9. The van der Waals surface area contributed by atoms with Crippen LogP contribution in [0, 0.1) is 11.3 Å². The highest BCUT2D eigenvalue weighted by Gasteiger charge is 2.11. The number of benzene rings is 1. The zero-order chi connectivity index (χ0) is 12.8. The molecule has 0 aliphatic heterocycles. The minimum atomic E-state index is 0.183. The van der Waals surface area contributed by atoms with Crippen LogP contribution >= 0.6 is 15.9 Å². The third-order valence-corrected chi connectivity index (χ3v) is 2.98. The monoisotopic (exact) mass is 296 g/mol. The summed E-state index contributed by atoms with van der Waals surface area (Å²) in [4.78, 5) is 2.18. The van der Waals surface area contributed by atoms with Gasteiger partial charge in [-0.1, -0.05) is 15.9 Å². The Morgan fingerprint density at radius 2 is 2.12 bits per heavy atom. The Bertz CT molecular complexity index is 412. The third kappa shape index (κ3) is 4.03. The summed E-state index contributed by atoms with van der Waals surface area (Å²) in [5.74, 6) is 0. The average Bonchev–Trinajstić information content (AvgIpc) is 2.28. The molecule has 1 aromatic carbocycles. The van der Waals surface area contributed by atoms with Gasteiger partial charge in [-0.3, -0.25) is 0 Å². The molecule has 1 aromatic rings. The number of aliphatic hydroxyl groups excluding tert-OH is 1. The van der Waals surface area contributed by atoms with Gasteiger partial charge in [-0.25, -0.2) is 0 Å². The number of nitrogens with zero attached hydrogens (tertiary/aromatic N) is 2. The fraction of sp³-hybridized carbons (Fsp3) is 0.462. The van der Waals surface area contributed by atoms with Crippen molar-refractivity contribution in [2.24, 2.45) is 0 Å². The summed E-state index contributed by atoms with van der Waals surface area (Å²) in [6.07, 6.45) is 0.729. The Kier molecular flexibility index (Phi) is 5.46. The van der Waals surface area contributed by atoms with Gasteiger partial charge >= 0.3 is 0 Å². The zero-order valence-electron chi connectivity index (χ0n) is 10.2. The van der Waals surface area contributed by atoms with Crippen LogP contribution < -0.4 is 4.90 Å². The van der Waals surface area contributed by atoms with E-state index < -0.39 is 0 Å². The molecule has 0 saturated heterocycles. The summed E-state index contributed by atoms with van der Waals surface area (Å²) in [7, 11) is 0. The molecule has 0 bridgehead atoms. The van der Waals surface area contributed by atoms with Crippen molar-refractivity contribution < 1.29 is 5.11 Å². The summed E-state index contributed by atoms with van der Waals surface area (Å²) < 4.78 is 0.904. The van der Waals surface area contributed by atoms with Gasteiger partial charge in [0.05, 0.1) is 11.6 Å². The molecule has 92 valence electrons. The molecule has 0 atom stereocenters. The first-order valence-electron chi connectivity index (χ1n) is 5.66. The van der Waals surface area contributed by atoms with E-state index >= 15 is 0 Å². The molecule has 0 radical (unpaired) electrons. The number of aliphatic hydroxyl groups is 1. The van der Waals surface area contributed by atoms with Gasteiger partial charge in [0.15, 0.2) is 0 Å². The average molecular weight is 297 g/mol. The maximum Gasteiger partial charge on any atom is 0.0992 e. The first-order chi connectivity index (χ1) is 8.08. The highest BCUT2D eigenvalue weighted by molar-refractivity contribution is 9.10. The van der Waals surface area contributed by atoms with Gasteiger partial charge in [-0.15, -0.1) is 0 Å². The molecule has 0 fully saturated rings. The molecule has 1 rings (SSSR count). The van der Waals surface area contributed by atoms with Crippen molar-refractivity contribution >= 4 is 21.6 Å². The molecular weight excluding hydrogens is 280 g/mol. The van der Waals surface area contributed by atoms with Gasteiger partial charge in [0.25, 0.3) is 0 Å². The van der Waals surface area contributed by atoms with Gasteiger partial charge in [0.2, 0.25) is 0 Å². The largest absolute Gasteiger partial charge is 0.396 e. The summed E-state index contributed by atoms with van der Waals surface area (Å²) in [6.45, 7) is 5.17. The molecule has 0 heterocycles. The number of rotatable bonds is 5. The normalized spacial score (nSPS) is 10.4. The van der Waals surface area contributed by atoms with E-state index in [0.717, 1.165) is 23.1 Å². The molecule has 17 heavy (non-hydrogen) atoms. The standard InChI is InChI=1S/C13H17BrN2O/c1-10(2)16(4-3-5-17)13-7-11(9-15)6-12(14)8-13/h6-8,10,17H,3-5H2,1-2H3. The summed E-state index contributed by atoms with van der Waals surface area (Å²) in [5, 5.41) is 17.9. The smallest absolute Gasteiger partial charge is 0.0992 e. The second kappa shape index (κ2) is 6.63. The number of hydrogen-bond donors (Lipinski definition) is 1. The van der Waals surface area contributed by atoms with E-state index in [1.165, 1.54) is 0 Å². The Morgan fingerprint density at radius 1 is 1.41 bits per heavy atom. The quantitative estimate of drug-likeness (QED) is 0.909. The van der Waals surface area contributed by atoms with Crippen molar-refractivity contribution in [3.8, 4) is 6.07 Å². The molecule has 0 saturated carbocycles. The molecule has 0 amide bonds. The van der Waals surface area contributed by atoms with Crippen LogP contribution in [0.25, 0.3) is 0 Å². The first-order valence-corrected chi connectivity index (χ1v) is 6.46. The lowest BCUT2D eigenvalue weighted by Gasteiger charge is -2.29. The van der Waals surface area contributed by atoms with Crippen LogP contribution in [0.15, 0.2) is 22.7 Å². The van der Waals surface area contributed by atoms with Crippen molar-refractivity contribution in [1.29, 1.82) is 5.26 Å². The summed E-state index contributed by atoms with van der Waals surface area (Å²) >= 11 is 3.41. The molecule has 0 aliphatic rings. The van der Waals surface area contributed by atoms with Crippen LogP contribution in [0.4, 0.5) is 5.69 Å². The molecule has 0 aliphatic carbocycles. The number of anilines is 1. The Hall–Kier alpha value is -1.05. The third-order valence-electron chi connectivity index (χ3n) is 2.52. The van der Waals surface area contributed by atoms with Gasteiger partial charge in [-0.2, -0.15) is 5.26 Å². The van der Waals surface area contributed by atoms with Crippen LogP contribution in [0.2, 0.25) is 0 Å². The van der Waals surface area contributed by atoms with E-state index in [1.807, 2.05) is 12.1 Å². The van der Waals surface area contributed by atoms with Gasteiger partial charge in [-0.05, 0) is 38.5 Å². The number of hydrogen-bond acceptors (Lipinski definition) is 3. The van der Waals surface area contributed by atoms with Crippen LogP contribution in [-0.2, 0) is 0 Å². The predicted octanol–water partition coefficient (Wildman–Crippen LogP) is 2.92. The highest BCUT2D eigenvalue weighted by Crippen LogP contribution is 2.24. The van der Waals surface area contributed by atoms with E-state index in [0.29, 0.717) is 11.6 Å². The molecule has 0 spiro atoms. The van der Waals surface area contributed by atoms with E-state index in [2.05, 4.69) is 40.7 Å². The van der Waals surface area contributed by atoms with Crippen LogP contribution in [0.3, 0.4) is 0 Å². The lowest BCUT2D eigenvalue weighted by Crippen LogP contribution is -2.32. The molecule has 0 unspecified atom stereocenters. The van der Waals surface area contributed by atoms with Crippen LogP contribution in [-0.4, -0.2) is 24.3 Å². The maximum absolute atomic E-state index is 8.95. The first kappa shape index (κ1) is 14.0. The fourth-order valence-electron chi connectivity index (χ4n) is 1.73. The Labute approximate surface area is 111 Å². The molecule has 3 nitrogen and oxygen atoms in total. The minimum absolute atomic E-state index is 0.183. The topological polar surface area (TPSA) is 47.3 Å². The molecule has 4 heteroatoms. The van der Waals surface area contributed by atoms with Crippen molar-refractivity contribution in [2.45, 2.75) is 26.3 Å². The van der Waals surface area contributed by atoms with Gasteiger partial charge in [0, 0.05) is 29.4 Å². The fourth-order valence-corrected chi connectivity index (χ4v) is 2.21. The second-order valence-electron chi connectivity index (χ2n) is 4.17. The predicted molar refractivity (Wildman–Crippen MR) is 73.0 cm³/mol. The zero-order valence-corrected chi connectivity index (χ0v) is 11.7. The van der Waals surface area contributed by atoms with E-state index in [-0.39, 0.29) is 6.61 Å². The minimum Gasteiger partial charge on any atom is -0.396 e. The Balaban J connectivity index is 3.01. The van der Waals surface area contributed by atoms with E-state index in [1.54, 1.807) is 6.07 Å². The summed E-state index contributed by atoms with van der Waals surface area (Å²) in [6, 6.07) is 8.16.